The summed E-state index contributed by atoms with van der Waals surface area (Å²) in [7, 11) is 0. The van der Waals surface area contributed by atoms with E-state index in [0.29, 0.717) is 0 Å². The van der Waals surface area contributed by atoms with Gasteiger partial charge in [0.05, 0.1) is 5.92 Å². The standard InChI is InChI=1S/C11H14O2S/c1-2-8-6-7-4-3-5-9(11(12)13)10(7)14-8/h6,9H,2-5H2,1H3,(H,12,13). The molecular weight excluding hydrogens is 196 g/mol. The fourth-order valence-electron chi connectivity index (χ4n) is 2.03. The summed E-state index contributed by atoms with van der Waals surface area (Å²) < 4.78 is 0. The molecule has 1 heterocycles. The van der Waals surface area contributed by atoms with Gasteiger partial charge in [0.15, 0.2) is 0 Å². The Labute approximate surface area is 87.6 Å². The maximum Gasteiger partial charge on any atom is 0.311 e. The molecule has 3 heteroatoms. The molecule has 0 amide bonds. The molecule has 1 unspecified atom stereocenters. The number of aliphatic carboxylic acids is 1. The van der Waals surface area contributed by atoms with Gasteiger partial charge in [-0.1, -0.05) is 6.92 Å². The second-order valence-corrected chi connectivity index (χ2v) is 4.91. The largest absolute Gasteiger partial charge is 0.481 e. The van der Waals surface area contributed by atoms with Crippen molar-refractivity contribution < 1.29 is 9.90 Å². The number of carboxylic acids is 1. The van der Waals surface area contributed by atoms with Crippen molar-refractivity contribution in [3.8, 4) is 0 Å². The van der Waals surface area contributed by atoms with Crippen molar-refractivity contribution in [1.82, 2.24) is 0 Å². The van der Waals surface area contributed by atoms with Crippen LogP contribution in [-0.4, -0.2) is 11.1 Å². The molecule has 1 aliphatic rings. The van der Waals surface area contributed by atoms with Crippen molar-refractivity contribution in [2.24, 2.45) is 0 Å². The van der Waals surface area contributed by atoms with E-state index in [1.165, 1.54) is 10.4 Å². The third kappa shape index (κ3) is 1.57. The fourth-order valence-corrected chi connectivity index (χ4v) is 3.31. The predicted octanol–water partition coefficient (Wildman–Crippen LogP) is 2.82. The third-order valence-electron chi connectivity index (χ3n) is 2.79. The van der Waals surface area contributed by atoms with Crippen molar-refractivity contribution >= 4 is 17.3 Å². The highest BCUT2D eigenvalue weighted by atomic mass is 32.1. The average molecular weight is 210 g/mol. The number of hydrogen-bond donors (Lipinski definition) is 1. The normalized spacial score (nSPS) is 20.5. The molecule has 2 rings (SSSR count). The van der Waals surface area contributed by atoms with E-state index in [-0.39, 0.29) is 5.92 Å². The highest BCUT2D eigenvalue weighted by Crippen LogP contribution is 2.37. The average Bonchev–Trinajstić information content (AvgIpc) is 2.59. The summed E-state index contributed by atoms with van der Waals surface area (Å²) in [4.78, 5) is 13.5. The quantitative estimate of drug-likeness (QED) is 0.815. The molecule has 1 aromatic heterocycles. The van der Waals surface area contributed by atoms with Gasteiger partial charge in [-0.3, -0.25) is 4.79 Å². The minimum absolute atomic E-state index is 0.232. The van der Waals surface area contributed by atoms with E-state index in [1.54, 1.807) is 11.3 Å². The Morgan fingerprint density at radius 2 is 2.50 bits per heavy atom. The van der Waals surface area contributed by atoms with Crippen molar-refractivity contribution in [3.05, 3.63) is 21.4 Å². The zero-order valence-electron chi connectivity index (χ0n) is 8.25. The van der Waals surface area contributed by atoms with Crippen molar-refractivity contribution in [2.45, 2.75) is 38.5 Å². The lowest BCUT2D eigenvalue weighted by Gasteiger charge is -2.17. The van der Waals surface area contributed by atoms with Crippen LogP contribution in [-0.2, 0) is 17.6 Å². The van der Waals surface area contributed by atoms with E-state index < -0.39 is 5.97 Å². The van der Waals surface area contributed by atoms with Crippen LogP contribution in [0.15, 0.2) is 6.07 Å². The molecule has 1 N–H and O–H groups in total. The van der Waals surface area contributed by atoms with Crippen LogP contribution in [0.4, 0.5) is 0 Å². The Kier molecular flexibility index (Phi) is 2.59. The SMILES string of the molecule is CCc1cc2c(s1)C(C(=O)O)CCC2. The van der Waals surface area contributed by atoms with Crippen LogP contribution in [0.2, 0.25) is 0 Å². The molecule has 1 aliphatic carbocycles. The number of fused-ring (bicyclic) bond motifs is 1. The molecule has 2 nitrogen and oxygen atoms in total. The van der Waals surface area contributed by atoms with Gasteiger partial charge in [0.1, 0.15) is 0 Å². The maximum atomic E-state index is 11.0. The van der Waals surface area contributed by atoms with Gasteiger partial charge in [-0.25, -0.2) is 0 Å². The maximum absolute atomic E-state index is 11.0. The lowest BCUT2D eigenvalue weighted by atomic mass is 9.89. The van der Waals surface area contributed by atoms with Crippen LogP contribution < -0.4 is 0 Å². The number of carboxylic acid groups (broad SMARTS) is 1. The number of hydrogen-bond acceptors (Lipinski definition) is 2. The van der Waals surface area contributed by atoms with Crippen molar-refractivity contribution in [3.63, 3.8) is 0 Å². The lowest BCUT2D eigenvalue weighted by molar-refractivity contribution is -0.139. The minimum atomic E-state index is -0.657. The molecule has 0 spiro atoms. The molecule has 1 aromatic rings. The third-order valence-corrected chi connectivity index (χ3v) is 4.23. The fraction of sp³-hybridized carbons (Fsp3) is 0.545. The van der Waals surface area contributed by atoms with Crippen LogP contribution in [0.3, 0.4) is 0 Å². The molecule has 0 fully saturated rings. The zero-order valence-corrected chi connectivity index (χ0v) is 9.06. The number of carbonyl (C=O) groups is 1. The van der Waals surface area contributed by atoms with Crippen LogP contribution in [0.5, 0.6) is 0 Å². The second-order valence-electron chi connectivity index (χ2n) is 3.74. The van der Waals surface area contributed by atoms with E-state index in [4.69, 9.17) is 5.11 Å². The number of thiophene rings is 1. The first kappa shape index (κ1) is 9.71. The molecule has 0 saturated heterocycles. The van der Waals surface area contributed by atoms with Crippen molar-refractivity contribution in [2.75, 3.05) is 0 Å². The molecule has 1 atom stereocenters. The van der Waals surface area contributed by atoms with E-state index in [2.05, 4.69) is 13.0 Å². The van der Waals surface area contributed by atoms with Gasteiger partial charge >= 0.3 is 5.97 Å². The molecule has 76 valence electrons. The summed E-state index contributed by atoms with van der Waals surface area (Å²) in [6.07, 6.45) is 3.91. The molecule has 0 aromatic carbocycles. The summed E-state index contributed by atoms with van der Waals surface area (Å²) in [5, 5.41) is 9.07. The van der Waals surface area contributed by atoms with Gasteiger partial charge in [-0.2, -0.15) is 0 Å². The Bertz CT molecular complexity index is 354. The Hall–Kier alpha value is -0.830. The Balaban J connectivity index is 2.38. The smallest absolute Gasteiger partial charge is 0.311 e. The number of aryl methyl sites for hydroxylation is 2. The lowest BCUT2D eigenvalue weighted by Crippen LogP contribution is -2.15. The topological polar surface area (TPSA) is 37.3 Å². The summed E-state index contributed by atoms with van der Waals surface area (Å²) in [6.45, 7) is 2.12. The van der Waals surface area contributed by atoms with Crippen LogP contribution in [0.25, 0.3) is 0 Å². The number of rotatable bonds is 2. The second kappa shape index (κ2) is 3.73. The molecule has 0 bridgehead atoms. The summed E-state index contributed by atoms with van der Waals surface area (Å²) in [5.74, 6) is -0.889. The van der Waals surface area contributed by atoms with Crippen molar-refractivity contribution in [1.29, 1.82) is 0 Å². The van der Waals surface area contributed by atoms with Crippen LogP contribution in [0.1, 0.15) is 41.0 Å². The summed E-state index contributed by atoms with van der Waals surface area (Å²) in [5.41, 5.74) is 1.28. The Morgan fingerprint density at radius 1 is 1.71 bits per heavy atom. The monoisotopic (exact) mass is 210 g/mol. The van der Waals surface area contributed by atoms with Gasteiger partial charge < -0.3 is 5.11 Å². The molecule has 14 heavy (non-hydrogen) atoms. The van der Waals surface area contributed by atoms with Gasteiger partial charge in [0.2, 0.25) is 0 Å². The van der Waals surface area contributed by atoms with Gasteiger partial charge in [-0.05, 0) is 37.3 Å². The van der Waals surface area contributed by atoms with E-state index in [9.17, 15) is 4.79 Å². The molecular formula is C11H14O2S. The molecule has 0 saturated carbocycles. The summed E-state index contributed by atoms with van der Waals surface area (Å²) in [6, 6.07) is 2.19. The highest BCUT2D eigenvalue weighted by Gasteiger charge is 2.28. The molecule has 0 aliphatic heterocycles. The first-order valence-corrected chi connectivity index (χ1v) is 5.88. The Morgan fingerprint density at radius 3 is 3.14 bits per heavy atom. The van der Waals surface area contributed by atoms with Gasteiger partial charge in [0.25, 0.3) is 0 Å². The van der Waals surface area contributed by atoms with E-state index in [1.807, 2.05) is 0 Å². The van der Waals surface area contributed by atoms with E-state index in [0.717, 1.165) is 30.6 Å². The first-order valence-electron chi connectivity index (χ1n) is 5.06. The van der Waals surface area contributed by atoms with E-state index >= 15 is 0 Å². The highest BCUT2D eigenvalue weighted by molar-refractivity contribution is 7.12. The molecule has 0 radical (unpaired) electrons. The summed E-state index contributed by atoms with van der Waals surface area (Å²) >= 11 is 1.69. The predicted molar refractivity (Wildman–Crippen MR) is 57.0 cm³/mol. The zero-order chi connectivity index (χ0) is 10.1. The van der Waals surface area contributed by atoms with Gasteiger partial charge in [-0.15, -0.1) is 11.3 Å². The minimum Gasteiger partial charge on any atom is -0.481 e. The first-order chi connectivity index (χ1) is 6.72. The van der Waals surface area contributed by atoms with Crippen LogP contribution in [0, 0.1) is 0 Å². The van der Waals surface area contributed by atoms with Crippen LogP contribution >= 0.6 is 11.3 Å². The van der Waals surface area contributed by atoms with Gasteiger partial charge in [0, 0.05) is 9.75 Å².